The number of hydrogen-bond donors (Lipinski definition) is 0. The number of likely N-dealkylation sites (N-methyl/N-ethyl adjacent to an activating group) is 1. The molecule has 0 unspecified atom stereocenters. The van der Waals surface area contributed by atoms with Crippen molar-refractivity contribution in [3.05, 3.63) is 54.1 Å². The lowest BCUT2D eigenvalue weighted by Gasteiger charge is -2.29. The Balaban J connectivity index is 1.91. The molecule has 2 rings (SSSR count). The summed E-state index contributed by atoms with van der Waals surface area (Å²) in [5.41, 5.74) is 2.35. The first kappa shape index (κ1) is 16.3. The van der Waals surface area contributed by atoms with Crippen molar-refractivity contribution in [3.8, 4) is 0 Å². The van der Waals surface area contributed by atoms with Gasteiger partial charge in [-0.2, -0.15) is 0 Å². The molecule has 0 saturated carbocycles. The Morgan fingerprint density at radius 1 is 1.23 bits per heavy atom. The fourth-order valence-corrected chi connectivity index (χ4v) is 2.36. The molecule has 1 aromatic rings. The lowest BCUT2D eigenvalue weighted by Crippen LogP contribution is -2.36. The minimum Gasteiger partial charge on any atom is -0.378 e. The van der Waals surface area contributed by atoms with Crippen molar-refractivity contribution < 1.29 is 9.53 Å². The van der Waals surface area contributed by atoms with Crippen molar-refractivity contribution in [2.75, 3.05) is 38.3 Å². The third kappa shape index (κ3) is 4.74. The molecule has 1 aromatic carbocycles. The van der Waals surface area contributed by atoms with Crippen LogP contribution in [0.25, 0.3) is 0 Å². The van der Waals surface area contributed by atoms with Gasteiger partial charge in [0.2, 0.25) is 5.91 Å². The zero-order chi connectivity index (χ0) is 15.8. The van der Waals surface area contributed by atoms with E-state index in [0.717, 1.165) is 31.9 Å². The Bertz CT molecular complexity index is 529. The lowest BCUT2D eigenvalue weighted by molar-refractivity contribution is -0.125. The molecule has 0 spiro atoms. The van der Waals surface area contributed by atoms with Crippen molar-refractivity contribution in [2.24, 2.45) is 0 Å². The number of benzene rings is 1. The first-order chi connectivity index (χ1) is 10.7. The molecule has 118 valence electrons. The van der Waals surface area contributed by atoms with Crippen molar-refractivity contribution in [3.63, 3.8) is 0 Å². The predicted octanol–water partition coefficient (Wildman–Crippen LogP) is 2.61. The van der Waals surface area contributed by atoms with E-state index in [9.17, 15) is 4.79 Å². The summed E-state index contributed by atoms with van der Waals surface area (Å²) >= 11 is 0. The molecule has 0 N–H and O–H groups in total. The van der Waals surface area contributed by atoms with Crippen LogP contribution in [0.3, 0.4) is 0 Å². The Morgan fingerprint density at radius 2 is 1.91 bits per heavy atom. The molecule has 1 aliphatic heterocycles. The summed E-state index contributed by atoms with van der Waals surface area (Å²) < 4.78 is 5.37. The van der Waals surface area contributed by atoms with Crippen LogP contribution in [0.1, 0.15) is 12.5 Å². The maximum Gasteiger partial charge on any atom is 0.246 e. The van der Waals surface area contributed by atoms with E-state index in [0.29, 0.717) is 6.54 Å². The second-order valence-corrected chi connectivity index (χ2v) is 5.35. The van der Waals surface area contributed by atoms with E-state index in [-0.39, 0.29) is 5.91 Å². The molecule has 1 heterocycles. The van der Waals surface area contributed by atoms with Crippen LogP contribution in [0, 0.1) is 0 Å². The van der Waals surface area contributed by atoms with Gasteiger partial charge in [0.25, 0.3) is 0 Å². The zero-order valence-corrected chi connectivity index (χ0v) is 13.4. The number of ether oxygens (including phenoxy) is 1. The second-order valence-electron chi connectivity index (χ2n) is 5.35. The quantitative estimate of drug-likeness (QED) is 0.619. The molecule has 1 amide bonds. The molecule has 0 radical (unpaired) electrons. The number of hydrogen-bond acceptors (Lipinski definition) is 3. The van der Waals surface area contributed by atoms with Gasteiger partial charge in [-0.15, -0.1) is 0 Å². The van der Waals surface area contributed by atoms with E-state index in [2.05, 4.69) is 29.2 Å². The number of nitrogens with zero attached hydrogens (tertiary/aromatic N) is 2. The van der Waals surface area contributed by atoms with Crippen LogP contribution in [-0.2, 0) is 16.1 Å². The molecule has 1 fully saturated rings. The Morgan fingerprint density at radius 3 is 2.55 bits per heavy atom. The highest BCUT2D eigenvalue weighted by Gasteiger charge is 2.11. The van der Waals surface area contributed by atoms with Gasteiger partial charge in [0.05, 0.1) is 13.2 Å². The maximum absolute atomic E-state index is 11.9. The first-order valence-electron chi connectivity index (χ1n) is 7.67. The molecule has 0 aliphatic carbocycles. The number of morpholine rings is 1. The summed E-state index contributed by atoms with van der Waals surface area (Å²) in [6.07, 6.45) is 7.10. The van der Waals surface area contributed by atoms with Gasteiger partial charge in [-0.1, -0.05) is 30.4 Å². The van der Waals surface area contributed by atoms with Gasteiger partial charge in [-0.25, -0.2) is 0 Å². The summed E-state index contributed by atoms with van der Waals surface area (Å²) in [5, 5.41) is 0. The van der Waals surface area contributed by atoms with Crippen LogP contribution in [0.5, 0.6) is 0 Å². The molecule has 1 saturated heterocycles. The fraction of sp³-hybridized carbons (Fsp3) is 0.389. The number of carbonyl (C=O) groups is 1. The van der Waals surface area contributed by atoms with Gasteiger partial charge >= 0.3 is 0 Å². The van der Waals surface area contributed by atoms with Gasteiger partial charge in [-0.3, -0.25) is 4.79 Å². The average molecular weight is 300 g/mol. The molecule has 0 aromatic heterocycles. The highest BCUT2D eigenvalue weighted by atomic mass is 16.5. The monoisotopic (exact) mass is 300 g/mol. The topological polar surface area (TPSA) is 32.8 Å². The Labute approximate surface area is 132 Å². The molecule has 22 heavy (non-hydrogen) atoms. The van der Waals surface area contributed by atoms with Crippen molar-refractivity contribution in [1.29, 1.82) is 0 Å². The molecule has 0 atom stereocenters. The van der Waals surface area contributed by atoms with Crippen molar-refractivity contribution >= 4 is 11.6 Å². The first-order valence-corrected chi connectivity index (χ1v) is 7.67. The summed E-state index contributed by atoms with van der Waals surface area (Å²) in [7, 11) is 1.82. The van der Waals surface area contributed by atoms with E-state index >= 15 is 0 Å². The largest absolute Gasteiger partial charge is 0.378 e. The highest BCUT2D eigenvalue weighted by molar-refractivity contribution is 5.87. The second kappa shape index (κ2) is 8.39. The molecule has 4 nitrogen and oxygen atoms in total. The minimum absolute atomic E-state index is 0.00959. The lowest BCUT2D eigenvalue weighted by atomic mass is 10.1. The van der Waals surface area contributed by atoms with Gasteiger partial charge in [0, 0.05) is 38.4 Å². The Kier molecular flexibility index (Phi) is 6.22. The van der Waals surface area contributed by atoms with E-state index in [1.54, 1.807) is 17.1 Å². The van der Waals surface area contributed by atoms with Gasteiger partial charge in [-0.05, 0) is 24.6 Å². The van der Waals surface area contributed by atoms with Crippen LogP contribution < -0.4 is 4.90 Å². The van der Waals surface area contributed by atoms with Gasteiger partial charge in [0.1, 0.15) is 0 Å². The molecule has 4 heteroatoms. The molecule has 0 bridgehead atoms. The number of anilines is 1. The highest BCUT2D eigenvalue weighted by Crippen LogP contribution is 2.17. The summed E-state index contributed by atoms with van der Waals surface area (Å²) in [6, 6.07) is 8.41. The smallest absolute Gasteiger partial charge is 0.246 e. The summed E-state index contributed by atoms with van der Waals surface area (Å²) in [4.78, 5) is 16.0. The van der Waals surface area contributed by atoms with Crippen LogP contribution in [-0.4, -0.2) is 44.2 Å². The maximum atomic E-state index is 11.9. The molecular formula is C18H24N2O2. The normalized spacial score (nSPS) is 15.6. The molecular weight excluding hydrogens is 276 g/mol. The number of carbonyl (C=O) groups excluding carboxylic acids is 1. The SMILES string of the molecule is C/C=C/C=C/C(=O)N(C)Cc1ccc(N2CCOCC2)cc1. The van der Waals surface area contributed by atoms with E-state index in [1.165, 1.54) is 5.69 Å². The van der Waals surface area contributed by atoms with Crippen molar-refractivity contribution in [2.45, 2.75) is 13.5 Å². The standard InChI is InChI=1S/C18H24N2O2/c1-3-4-5-6-18(21)19(2)15-16-7-9-17(10-8-16)20-11-13-22-14-12-20/h3-10H,11-15H2,1-2H3/b4-3+,6-5+. The summed E-state index contributed by atoms with van der Waals surface area (Å²) in [6.45, 7) is 5.99. The number of rotatable bonds is 5. The number of allylic oxidation sites excluding steroid dienone is 3. The average Bonchev–Trinajstić information content (AvgIpc) is 2.56. The van der Waals surface area contributed by atoms with Crippen molar-refractivity contribution in [1.82, 2.24) is 4.90 Å². The Hall–Kier alpha value is -2.07. The summed E-state index contributed by atoms with van der Waals surface area (Å²) in [5.74, 6) is 0.00959. The van der Waals surface area contributed by atoms with Crippen LogP contribution >= 0.6 is 0 Å². The third-order valence-electron chi connectivity index (χ3n) is 3.65. The van der Waals surface area contributed by atoms with Crippen LogP contribution in [0.4, 0.5) is 5.69 Å². The van der Waals surface area contributed by atoms with E-state index in [4.69, 9.17) is 4.74 Å². The molecule has 1 aliphatic rings. The van der Waals surface area contributed by atoms with Crippen LogP contribution in [0.2, 0.25) is 0 Å². The fourth-order valence-electron chi connectivity index (χ4n) is 2.36. The third-order valence-corrected chi connectivity index (χ3v) is 3.65. The van der Waals surface area contributed by atoms with Gasteiger partial charge < -0.3 is 14.5 Å². The van der Waals surface area contributed by atoms with Gasteiger partial charge in [0.15, 0.2) is 0 Å². The van der Waals surface area contributed by atoms with E-state index in [1.807, 2.05) is 26.1 Å². The predicted molar refractivity (Wildman–Crippen MR) is 89.9 cm³/mol. The van der Waals surface area contributed by atoms with E-state index < -0.39 is 0 Å². The zero-order valence-electron chi connectivity index (χ0n) is 13.4. The number of amides is 1. The van der Waals surface area contributed by atoms with Crippen LogP contribution in [0.15, 0.2) is 48.6 Å². The minimum atomic E-state index is 0.00959.